The molecule has 0 spiro atoms. The number of phenols is 1. The van der Waals surface area contributed by atoms with E-state index in [2.05, 4.69) is 5.32 Å². The van der Waals surface area contributed by atoms with Crippen LogP contribution in [0, 0.1) is 0 Å². The second-order valence-electron chi connectivity index (χ2n) is 3.61. The van der Waals surface area contributed by atoms with Crippen molar-refractivity contribution in [1.82, 2.24) is 5.32 Å². The normalized spacial score (nSPS) is 12.2. The number of halogens is 1. The summed E-state index contributed by atoms with van der Waals surface area (Å²) >= 11 is 5.85. The third-order valence-electron chi connectivity index (χ3n) is 1.98. The predicted molar refractivity (Wildman–Crippen MR) is 61.5 cm³/mol. The Morgan fingerprint density at radius 1 is 1.56 bits per heavy atom. The van der Waals surface area contributed by atoms with Crippen LogP contribution in [0.5, 0.6) is 5.75 Å². The van der Waals surface area contributed by atoms with E-state index in [-0.39, 0.29) is 24.6 Å². The summed E-state index contributed by atoms with van der Waals surface area (Å²) in [5.74, 6) is -0.147. The Morgan fingerprint density at radius 3 is 2.81 bits per heavy atom. The summed E-state index contributed by atoms with van der Waals surface area (Å²) in [6.07, 6.45) is -0.439. The Kier molecular flexibility index (Phi) is 4.58. The molecule has 0 aliphatic carbocycles. The predicted octanol–water partition coefficient (Wildman–Crippen LogP) is 1.09. The summed E-state index contributed by atoms with van der Waals surface area (Å²) < 4.78 is 0. The Balaban J connectivity index is 2.56. The molecule has 0 aliphatic rings. The van der Waals surface area contributed by atoms with E-state index in [0.717, 1.165) is 0 Å². The highest BCUT2D eigenvalue weighted by Crippen LogP contribution is 2.21. The minimum Gasteiger partial charge on any atom is -0.508 e. The highest BCUT2D eigenvalue weighted by molar-refractivity contribution is 6.31. The van der Waals surface area contributed by atoms with Crippen molar-refractivity contribution in [2.75, 3.05) is 6.54 Å². The molecule has 1 rings (SSSR count). The molecule has 0 fully saturated rings. The highest BCUT2D eigenvalue weighted by Gasteiger charge is 2.08. The third kappa shape index (κ3) is 4.08. The van der Waals surface area contributed by atoms with Gasteiger partial charge in [0.2, 0.25) is 5.91 Å². The summed E-state index contributed by atoms with van der Waals surface area (Å²) in [5.41, 5.74) is 0.641. The van der Waals surface area contributed by atoms with Gasteiger partial charge < -0.3 is 15.5 Å². The fourth-order valence-electron chi connectivity index (χ4n) is 1.18. The first kappa shape index (κ1) is 12.8. The fraction of sp³-hybridized carbons (Fsp3) is 0.364. The SMILES string of the molecule is CC(O)CNC(=O)Cc1ccc(O)cc1Cl. The van der Waals surface area contributed by atoms with Crippen LogP contribution in [0.2, 0.25) is 5.02 Å². The van der Waals surface area contributed by atoms with Gasteiger partial charge in [0.25, 0.3) is 0 Å². The van der Waals surface area contributed by atoms with Gasteiger partial charge in [-0.3, -0.25) is 4.79 Å². The Labute approximate surface area is 98.9 Å². The Bertz CT molecular complexity index is 379. The van der Waals surface area contributed by atoms with Gasteiger partial charge >= 0.3 is 0 Å². The van der Waals surface area contributed by atoms with Crippen LogP contribution < -0.4 is 5.32 Å². The summed E-state index contributed by atoms with van der Waals surface area (Å²) in [6.45, 7) is 1.81. The molecule has 5 heteroatoms. The molecule has 1 aromatic rings. The number of hydrogen-bond acceptors (Lipinski definition) is 3. The zero-order valence-corrected chi connectivity index (χ0v) is 9.66. The van der Waals surface area contributed by atoms with Gasteiger partial charge in [0.1, 0.15) is 5.75 Å². The number of aliphatic hydroxyl groups is 1. The molecule has 0 saturated heterocycles. The van der Waals surface area contributed by atoms with E-state index in [1.54, 1.807) is 13.0 Å². The molecule has 1 atom stereocenters. The zero-order chi connectivity index (χ0) is 12.1. The van der Waals surface area contributed by atoms with E-state index in [1.165, 1.54) is 12.1 Å². The largest absolute Gasteiger partial charge is 0.508 e. The van der Waals surface area contributed by atoms with Crippen LogP contribution in [-0.4, -0.2) is 28.8 Å². The topological polar surface area (TPSA) is 69.6 Å². The average Bonchev–Trinajstić information content (AvgIpc) is 2.19. The van der Waals surface area contributed by atoms with Crippen molar-refractivity contribution in [2.45, 2.75) is 19.4 Å². The molecule has 3 N–H and O–H groups in total. The van der Waals surface area contributed by atoms with Gasteiger partial charge in [0, 0.05) is 11.6 Å². The number of aliphatic hydroxyl groups excluding tert-OH is 1. The number of amides is 1. The Morgan fingerprint density at radius 2 is 2.25 bits per heavy atom. The van der Waals surface area contributed by atoms with Crippen LogP contribution in [-0.2, 0) is 11.2 Å². The first-order valence-corrected chi connectivity index (χ1v) is 5.29. The molecule has 1 amide bonds. The van der Waals surface area contributed by atoms with Crippen LogP contribution in [0.4, 0.5) is 0 Å². The molecule has 88 valence electrons. The molecule has 0 aliphatic heterocycles. The number of phenolic OH excluding ortho intramolecular Hbond substituents is 1. The zero-order valence-electron chi connectivity index (χ0n) is 8.90. The lowest BCUT2D eigenvalue weighted by atomic mass is 10.1. The quantitative estimate of drug-likeness (QED) is 0.741. The monoisotopic (exact) mass is 243 g/mol. The van der Waals surface area contributed by atoms with Crippen LogP contribution in [0.15, 0.2) is 18.2 Å². The summed E-state index contributed by atoms with van der Waals surface area (Å²) in [5, 5.41) is 21.0. The molecule has 4 nitrogen and oxygen atoms in total. The molecule has 1 unspecified atom stereocenters. The van der Waals surface area contributed by atoms with Crippen molar-refractivity contribution in [3.63, 3.8) is 0 Å². The average molecular weight is 244 g/mol. The van der Waals surface area contributed by atoms with Gasteiger partial charge in [-0.2, -0.15) is 0 Å². The lowest BCUT2D eigenvalue weighted by Gasteiger charge is -2.08. The fourth-order valence-corrected chi connectivity index (χ4v) is 1.42. The van der Waals surface area contributed by atoms with Gasteiger partial charge in [-0.05, 0) is 24.6 Å². The number of carbonyl (C=O) groups is 1. The maximum Gasteiger partial charge on any atom is 0.224 e. The number of aromatic hydroxyl groups is 1. The molecule has 0 heterocycles. The van der Waals surface area contributed by atoms with Crippen LogP contribution >= 0.6 is 11.6 Å². The van der Waals surface area contributed by atoms with Crippen LogP contribution in [0.3, 0.4) is 0 Å². The smallest absolute Gasteiger partial charge is 0.224 e. The van der Waals surface area contributed by atoms with E-state index in [4.69, 9.17) is 21.8 Å². The van der Waals surface area contributed by atoms with Crippen molar-refractivity contribution in [3.05, 3.63) is 28.8 Å². The van der Waals surface area contributed by atoms with Crippen molar-refractivity contribution in [2.24, 2.45) is 0 Å². The number of carbonyl (C=O) groups excluding carboxylic acids is 1. The summed E-state index contributed by atoms with van der Waals surface area (Å²) in [4.78, 5) is 11.4. The summed E-state index contributed by atoms with van der Waals surface area (Å²) in [6, 6.07) is 4.46. The van der Waals surface area contributed by atoms with Gasteiger partial charge in [0.05, 0.1) is 12.5 Å². The summed E-state index contributed by atoms with van der Waals surface area (Å²) in [7, 11) is 0. The van der Waals surface area contributed by atoms with E-state index in [1.807, 2.05) is 0 Å². The molecule has 0 radical (unpaired) electrons. The van der Waals surface area contributed by atoms with Crippen LogP contribution in [0.1, 0.15) is 12.5 Å². The molecule has 0 aromatic heterocycles. The number of benzene rings is 1. The van der Waals surface area contributed by atoms with E-state index in [0.29, 0.717) is 10.6 Å². The number of nitrogens with one attached hydrogen (secondary N) is 1. The van der Waals surface area contributed by atoms with E-state index in [9.17, 15) is 4.79 Å². The van der Waals surface area contributed by atoms with E-state index >= 15 is 0 Å². The lowest BCUT2D eigenvalue weighted by Crippen LogP contribution is -2.31. The standard InChI is InChI=1S/C11H14ClNO3/c1-7(14)6-13-11(16)4-8-2-3-9(15)5-10(8)12/h2-3,5,7,14-15H,4,6H2,1H3,(H,13,16). The van der Waals surface area contributed by atoms with Gasteiger partial charge in [0.15, 0.2) is 0 Å². The van der Waals surface area contributed by atoms with E-state index < -0.39 is 6.10 Å². The van der Waals surface area contributed by atoms with Crippen LogP contribution in [0.25, 0.3) is 0 Å². The minimum atomic E-state index is -0.570. The molecule has 0 saturated carbocycles. The Hall–Kier alpha value is -1.26. The molecule has 16 heavy (non-hydrogen) atoms. The minimum absolute atomic E-state index is 0.0677. The van der Waals surface area contributed by atoms with Crippen molar-refractivity contribution in [3.8, 4) is 5.75 Å². The first-order chi connectivity index (χ1) is 7.49. The maximum absolute atomic E-state index is 11.4. The second kappa shape index (κ2) is 5.72. The van der Waals surface area contributed by atoms with Gasteiger partial charge in [-0.15, -0.1) is 0 Å². The van der Waals surface area contributed by atoms with Crippen molar-refractivity contribution >= 4 is 17.5 Å². The second-order valence-corrected chi connectivity index (χ2v) is 4.01. The number of hydrogen-bond donors (Lipinski definition) is 3. The molecular formula is C11H14ClNO3. The van der Waals surface area contributed by atoms with Gasteiger partial charge in [-0.25, -0.2) is 0 Å². The molecular weight excluding hydrogens is 230 g/mol. The maximum atomic E-state index is 11.4. The lowest BCUT2D eigenvalue weighted by molar-refractivity contribution is -0.120. The third-order valence-corrected chi connectivity index (χ3v) is 2.33. The highest BCUT2D eigenvalue weighted by atomic mass is 35.5. The molecule has 0 bridgehead atoms. The van der Waals surface area contributed by atoms with Crippen molar-refractivity contribution in [1.29, 1.82) is 0 Å². The number of rotatable bonds is 4. The molecule has 1 aromatic carbocycles. The first-order valence-electron chi connectivity index (χ1n) is 4.91. The van der Waals surface area contributed by atoms with Gasteiger partial charge in [-0.1, -0.05) is 17.7 Å². The van der Waals surface area contributed by atoms with Crippen molar-refractivity contribution < 1.29 is 15.0 Å².